The van der Waals surface area contributed by atoms with Gasteiger partial charge in [-0.2, -0.15) is 0 Å². The topological polar surface area (TPSA) is 77.4 Å². The van der Waals surface area contributed by atoms with E-state index in [1.54, 1.807) is 0 Å². The van der Waals surface area contributed by atoms with E-state index in [0.29, 0.717) is 6.61 Å². The smallest absolute Gasteiger partial charge is 0.186 e. The minimum Gasteiger partial charge on any atom is -0.387 e. The molecule has 0 saturated carbocycles. The van der Waals surface area contributed by atoms with E-state index in [-0.39, 0.29) is 13.2 Å². The van der Waals surface area contributed by atoms with Gasteiger partial charge in [0.25, 0.3) is 0 Å². The molecule has 5 atom stereocenters. The van der Waals surface area contributed by atoms with E-state index in [4.69, 9.17) is 18.9 Å². The maximum Gasteiger partial charge on any atom is 0.186 e. The maximum absolute atomic E-state index is 10.6. The molecule has 2 N–H and O–H groups in total. The summed E-state index contributed by atoms with van der Waals surface area (Å²) in [6.45, 7) is 0.838. The minimum atomic E-state index is -1.10. The third-order valence-corrected chi connectivity index (χ3v) is 4.55. The molecule has 1 aliphatic heterocycles. The first-order valence-corrected chi connectivity index (χ1v) is 9.00. The Morgan fingerprint density at radius 1 is 0.852 bits per heavy atom. The molecule has 3 rings (SSSR count). The van der Waals surface area contributed by atoms with Gasteiger partial charge in [-0.25, -0.2) is 0 Å². The second kappa shape index (κ2) is 9.94. The van der Waals surface area contributed by atoms with Crippen molar-refractivity contribution in [2.24, 2.45) is 0 Å². The molecule has 0 radical (unpaired) electrons. The monoisotopic (exact) mass is 374 g/mol. The highest BCUT2D eigenvalue weighted by Crippen LogP contribution is 2.25. The summed E-state index contributed by atoms with van der Waals surface area (Å²) in [5.74, 6) is 0. The molecule has 2 aromatic rings. The third kappa shape index (κ3) is 5.35. The molecule has 1 saturated heterocycles. The van der Waals surface area contributed by atoms with Crippen LogP contribution in [-0.4, -0.2) is 54.6 Å². The lowest BCUT2D eigenvalue weighted by Gasteiger charge is -2.41. The van der Waals surface area contributed by atoms with Crippen LogP contribution in [0.15, 0.2) is 60.7 Å². The number of ether oxygens (including phenoxy) is 4. The zero-order valence-corrected chi connectivity index (χ0v) is 15.3. The average Bonchev–Trinajstić information content (AvgIpc) is 2.71. The molecule has 0 spiro atoms. The SMILES string of the molecule is CO[C@H]1O[C@H](COCc2ccccc2)[C@@H](O)[C@H](OCc2ccccc2)[C@@H]1O. The fourth-order valence-electron chi connectivity index (χ4n) is 3.07. The number of rotatable bonds is 8. The summed E-state index contributed by atoms with van der Waals surface area (Å²) in [7, 11) is 1.45. The van der Waals surface area contributed by atoms with Crippen molar-refractivity contribution in [2.75, 3.05) is 13.7 Å². The molecule has 0 aromatic heterocycles. The Bertz CT molecular complexity index is 665. The molecule has 1 fully saturated rings. The number of aliphatic hydroxyl groups is 2. The lowest BCUT2D eigenvalue weighted by Crippen LogP contribution is -2.60. The molecule has 6 heteroatoms. The molecule has 0 aliphatic carbocycles. The van der Waals surface area contributed by atoms with Crippen LogP contribution in [0.4, 0.5) is 0 Å². The molecule has 146 valence electrons. The predicted molar refractivity (Wildman–Crippen MR) is 98.8 cm³/mol. The van der Waals surface area contributed by atoms with Crippen LogP contribution in [-0.2, 0) is 32.2 Å². The van der Waals surface area contributed by atoms with Crippen molar-refractivity contribution in [1.29, 1.82) is 0 Å². The number of hydrogen-bond donors (Lipinski definition) is 2. The summed E-state index contributed by atoms with van der Waals surface area (Å²) in [4.78, 5) is 0. The van der Waals surface area contributed by atoms with Crippen LogP contribution in [0.5, 0.6) is 0 Å². The Kier molecular flexibility index (Phi) is 7.34. The lowest BCUT2D eigenvalue weighted by molar-refractivity contribution is -0.305. The van der Waals surface area contributed by atoms with Gasteiger partial charge in [0.2, 0.25) is 0 Å². The van der Waals surface area contributed by atoms with Gasteiger partial charge in [0.1, 0.15) is 24.4 Å². The quantitative estimate of drug-likeness (QED) is 0.735. The first-order valence-electron chi connectivity index (χ1n) is 9.00. The van der Waals surface area contributed by atoms with Crippen molar-refractivity contribution in [3.63, 3.8) is 0 Å². The van der Waals surface area contributed by atoms with Crippen molar-refractivity contribution in [2.45, 2.75) is 43.9 Å². The predicted octanol–water partition coefficient (Wildman–Crippen LogP) is 1.88. The van der Waals surface area contributed by atoms with Gasteiger partial charge in [-0.1, -0.05) is 60.7 Å². The Hall–Kier alpha value is -1.80. The average molecular weight is 374 g/mol. The zero-order chi connectivity index (χ0) is 19.1. The molecular weight excluding hydrogens is 348 g/mol. The number of aliphatic hydroxyl groups excluding tert-OH is 2. The summed E-state index contributed by atoms with van der Waals surface area (Å²) in [5, 5.41) is 21.1. The Morgan fingerprint density at radius 2 is 1.44 bits per heavy atom. The second-order valence-corrected chi connectivity index (χ2v) is 6.52. The van der Waals surface area contributed by atoms with E-state index in [1.165, 1.54) is 7.11 Å². The van der Waals surface area contributed by atoms with Crippen LogP contribution >= 0.6 is 0 Å². The van der Waals surface area contributed by atoms with Crippen molar-refractivity contribution in [1.82, 2.24) is 0 Å². The number of hydrogen-bond acceptors (Lipinski definition) is 6. The van der Waals surface area contributed by atoms with Crippen LogP contribution in [0.3, 0.4) is 0 Å². The highest BCUT2D eigenvalue weighted by atomic mass is 16.7. The maximum atomic E-state index is 10.6. The lowest BCUT2D eigenvalue weighted by atomic mass is 9.99. The largest absolute Gasteiger partial charge is 0.387 e. The van der Waals surface area contributed by atoms with Gasteiger partial charge in [0, 0.05) is 7.11 Å². The van der Waals surface area contributed by atoms with E-state index in [0.717, 1.165) is 11.1 Å². The standard InChI is InChI=1S/C21H26O6/c1-24-21-19(23)20(26-13-16-10-6-3-7-11-16)18(22)17(27-21)14-25-12-15-8-4-2-5-9-15/h2-11,17-23H,12-14H2,1H3/t17-,18-,19+,20+,21+/m1/s1. The van der Waals surface area contributed by atoms with E-state index < -0.39 is 30.7 Å². The molecule has 27 heavy (non-hydrogen) atoms. The van der Waals surface area contributed by atoms with E-state index in [2.05, 4.69) is 0 Å². The number of methoxy groups -OCH3 is 1. The van der Waals surface area contributed by atoms with Crippen molar-refractivity contribution in [3.05, 3.63) is 71.8 Å². The Balaban J connectivity index is 1.58. The summed E-state index contributed by atoms with van der Waals surface area (Å²) in [5.41, 5.74) is 1.98. The van der Waals surface area contributed by atoms with Crippen LogP contribution in [0, 0.1) is 0 Å². The molecule has 0 amide bonds. The van der Waals surface area contributed by atoms with Crippen LogP contribution in [0.2, 0.25) is 0 Å². The van der Waals surface area contributed by atoms with Crippen molar-refractivity contribution < 1.29 is 29.2 Å². The Labute approximate surface area is 159 Å². The molecule has 0 unspecified atom stereocenters. The van der Waals surface area contributed by atoms with Crippen LogP contribution in [0.25, 0.3) is 0 Å². The highest BCUT2D eigenvalue weighted by molar-refractivity contribution is 5.14. The van der Waals surface area contributed by atoms with E-state index in [9.17, 15) is 10.2 Å². The minimum absolute atomic E-state index is 0.161. The zero-order valence-electron chi connectivity index (χ0n) is 15.3. The highest BCUT2D eigenvalue weighted by Gasteiger charge is 2.45. The van der Waals surface area contributed by atoms with Gasteiger partial charge in [-0.05, 0) is 11.1 Å². The van der Waals surface area contributed by atoms with Gasteiger partial charge >= 0.3 is 0 Å². The van der Waals surface area contributed by atoms with Crippen molar-refractivity contribution >= 4 is 0 Å². The van der Waals surface area contributed by atoms with Gasteiger partial charge in [0.15, 0.2) is 6.29 Å². The fourth-order valence-corrected chi connectivity index (χ4v) is 3.07. The summed E-state index contributed by atoms with van der Waals surface area (Å²) < 4.78 is 22.4. The van der Waals surface area contributed by atoms with Gasteiger partial charge in [-0.15, -0.1) is 0 Å². The summed E-state index contributed by atoms with van der Waals surface area (Å²) in [6.07, 6.45) is -4.53. The molecule has 1 aliphatic rings. The van der Waals surface area contributed by atoms with E-state index in [1.807, 2.05) is 60.7 Å². The molecule has 6 nitrogen and oxygen atoms in total. The molecule has 1 heterocycles. The molecule has 2 aromatic carbocycles. The molecule has 0 bridgehead atoms. The third-order valence-electron chi connectivity index (χ3n) is 4.55. The van der Waals surface area contributed by atoms with Crippen LogP contribution in [0.1, 0.15) is 11.1 Å². The fraction of sp³-hybridized carbons (Fsp3) is 0.429. The second-order valence-electron chi connectivity index (χ2n) is 6.52. The first kappa shape index (κ1) is 19.9. The number of benzene rings is 2. The van der Waals surface area contributed by atoms with Gasteiger partial charge in [-0.3, -0.25) is 0 Å². The van der Waals surface area contributed by atoms with Crippen molar-refractivity contribution in [3.8, 4) is 0 Å². The van der Waals surface area contributed by atoms with E-state index >= 15 is 0 Å². The van der Waals surface area contributed by atoms with Gasteiger partial charge < -0.3 is 29.2 Å². The summed E-state index contributed by atoms with van der Waals surface area (Å²) >= 11 is 0. The van der Waals surface area contributed by atoms with Crippen LogP contribution < -0.4 is 0 Å². The Morgan fingerprint density at radius 3 is 2.04 bits per heavy atom. The first-order chi connectivity index (χ1) is 13.2. The molecular formula is C21H26O6. The normalized spacial score (nSPS) is 28.2. The van der Waals surface area contributed by atoms with Gasteiger partial charge in [0.05, 0.1) is 19.8 Å². The summed E-state index contributed by atoms with van der Waals surface area (Å²) in [6, 6.07) is 19.3.